The van der Waals surface area contributed by atoms with E-state index in [9.17, 15) is 16.8 Å². The van der Waals surface area contributed by atoms with E-state index in [-0.39, 0.29) is 0 Å². The van der Waals surface area contributed by atoms with Gasteiger partial charge in [-0.3, -0.25) is 9.11 Å². The average molecular weight is 301 g/mol. The second-order valence-electron chi connectivity index (χ2n) is 1.09. The van der Waals surface area contributed by atoms with Gasteiger partial charge in [0.05, 0.1) is 0 Å². The third-order valence-corrected chi connectivity index (χ3v) is 1.55. The Morgan fingerprint density at radius 1 is 0.933 bits per heavy atom. The molecule has 15 heavy (non-hydrogen) atoms. The smallest absolute Gasteiger partial charge is 0.263 e. The molecule has 0 unspecified atom stereocenters. The monoisotopic (exact) mass is 300 g/mol. The summed E-state index contributed by atoms with van der Waals surface area (Å²) < 4.78 is 55.6. The minimum absolute atomic E-state index is 1.22. The summed E-state index contributed by atoms with van der Waals surface area (Å²) >= 11 is 8.61. The Hall–Kier alpha value is -0.660. The Labute approximate surface area is 95.3 Å². The van der Waals surface area contributed by atoms with Gasteiger partial charge in [-0.1, -0.05) is 0 Å². The van der Waals surface area contributed by atoms with Crippen LogP contribution in [-0.4, -0.2) is 25.9 Å². The van der Waals surface area contributed by atoms with E-state index in [1.165, 1.54) is 11.1 Å². The first-order chi connectivity index (χ1) is 6.54. The van der Waals surface area contributed by atoms with Gasteiger partial charge < -0.3 is 0 Å². The van der Waals surface area contributed by atoms with Crippen LogP contribution in [0.15, 0.2) is 0 Å². The first kappa shape index (κ1) is 19.8. The third kappa shape index (κ3) is 60.2. The maximum absolute atomic E-state index is 9.44. The van der Waals surface area contributed by atoms with E-state index in [0.717, 1.165) is 0 Å². The van der Waals surface area contributed by atoms with Gasteiger partial charge in [-0.15, -0.1) is 3.63 Å². The van der Waals surface area contributed by atoms with Gasteiger partial charge in [-0.25, -0.2) is 0 Å². The van der Waals surface area contributed by atoms with Crippen molar-refractivity contribution in [2.75, 3.05) is 0 Å². The fourth-order valence-electron chi connectivity index (χ4n) is 0.109. The van der Waals surface area contributed by atoms with Crippen molar-refractivity contribution in [3.05, 3.63) is 0 Å². The first-order valence-electron chi connectivity index (χ1n) is 2.19. The molecule has 2 N–H and O–H groups in total. The van der Waals surface area contributed by atoms with Crippen LogP contribution in [0.4, 0.5) is 0 Å². The maximum Gasteiger partial charge on any atom is 0.413 e. The molecule has 0 rings (SSSR count). The molecule has 0 saturated carbocycles. The summed E-state index contributed by atoms with van der Waals surface area (Å²) in [5.74, 6) is 0. The Bertz CT molecular complexity index is 385. The van der Waals surface area contributed by atoms with E-state index in [1.807, 2.05) is 0 Å². The van der Waals surface area contributed by atoms with Gasteiger partial charge >= 0.3 is 20.8 Å². The van der Waals surface area contributed by atoms with Gasteiger partial charge in [0.2, 0.25) is 0 Å². The summed E-state index contributed by atoms with van der Waals surface area (Å²) in [6, 6.07) is 0. The van der Waals surface area contributed by atoms with E-state index in [0.29, 0.717) is 0 Å². The summed E-state index contributed by atoms with van der Waals surface area (Å²) in [7, 11) is -10.2. The van der Waals surface area contributed by atoms with E-state index < -0.39 is 20.8 Å². The van der Waals surface area contributed by atoms with Crippen LogP contribution in [0.2, 0.25) is 0 Å². The van der Waals surface area contributed by atoms with Gasteiger partial charge in [-0.05, 0) is 0 Å². The summed E-state index contributed by atoms with van der Waals surface area (Å²) in [5.41, 5.74) is 2.44. The highest BCUT2D eigenvalue weighted by Gasteiger charge is 2.15. The zero-order valence-corrected chi connectivity index (χ0v) is 9.55. The molecule has 0 amide bonds. The van der Waals surface area contributed by atoms with Crippen LogP contribution in [0.5, 0.6) is 0 Å². The van der Waals surface area contributed by atoms with Crippen molar-refractivity contribution in [2.45, 2.75) is 0 Å². The summed E-state index contributed by atoms with van der Waals surface area (Å²) in [6.45, 7) is 0. The van der Waals surface area contributed by atoms with E-state index >= 15 is 0 Å². The lowest BCUT2D eigenvalue weighted by atomic mass is 11.8. The molecule has 0 aromatic carbocycles. The number of nitriles is 2. The van der Waals surface area contributed by atoms with Gasteiger partial charge in [0.15, 0.2) is 11.1 Å². The molecular weight excluding hydrogens is 299 g/mol. The molecule has 0 aromatic heterocycles. The van der Waals surface area contributed by atoms with Crippen molar-refractivity contribution in [3.8, 4) is 11.1 Å². The van der Waals surface area contributed by atoms with Crippen LogP contribution in [0, 0.1) is 21.6 Å². The van der Waals surface area contributed by atoms with E-state index in [2.05, 4.69) is 26.8 Å². The highest BCUT2D eigenvalue weighted by atomic mass is 35.5. The standard InChI is InChI=1S/2CClN.H2O7S2/c2*2-1-3;1-8(2,3)7-9(4,5)6/h;;(H,1,2,3)(H,4,5,6). The van der Waals surface area contributed by atoms with Crippen molar-refractivity contribution in [1.29, 1.82) is 10.5 Å². The van der Waals surface area contributed by atoms with Crippen molar-refractivity contribution < 1.29 is 29.6 Å². The molecule has 88 valence electrons. The molecule has 0 spiro atoms. The second kappa shape index (κ2) is 9.88. The highest BCUT2D eigenvalue weighted by molar-refractivity contribution is 7.94. The summed E-state index contributed by atoms with van der Waals surface area (Å²) in [6.07, 6.45) is 0. The molecule has 0 radical (unpaired) electrons. The van der Waals surface area contributed by atoms with Gasteiger partial charge in [-0.2, -0.15) is 27.4 Å². The van der Waals surface area contributed by atoms with E-state index in [4.69, 9.17) is 19.6 Å². The Morgan fingerprint density at radius 3 is 1.07 bits per heavy atom. The number of hydrogen-bond donors (Lipinski definition) is 2. The molecule has 0 fully saturated rings. The lowest BCUT2D eigenvalue weighted by Gasteiger charge is -1.89. The van der Waals surface area contributed by atoms with Crippen molar-refractivity contribution in [1.82, 2.24) is 0 Å². The van der Waals surface area contributed by atoms with Crippen molar-refractivity contribution >= 4 is 44.0 Å². The molecule has 0 aliphatic carbocycles. The van der Waals surface area contributed by atoms with Crippen molar-refractivity contribution in [3.63, 3.8) is 0 Å². The van der Waals surface area contributed by atoms with Crippen LogP contribution in [0.3, 0.4) is 0 Å². The zero-order chi connectivity index (χ0) is 13.1. The zero-order valence-electron chi connectivity index (χ0n) is 6.40. The van der Waals surface area contributed by atoms with Crippen LogP contribution < -0.4 is 0 Å². The number of halogens is 2. The lowest BCUT2D eigenvalue weighted by molar-refractivity contribution is 0.344. The Kier molecular flexibility index (Phi) is 13.1. The fraction of sp³-hybridized carbons (Fsp3) is 0. The van der Waals surface area contributed by atoms with Crippen LogP contribution >= 0.6 is 23.2 Å². The molecule has 0 atom stereocenters. The minimum atomic E-state index is -5.12. The maximum atomic E-state index is 9.44. The van der Waals surface area contributed by atoms with Gasteiger partial charge in [0, 0.05) is 23.2 Å². The Balaban J connectivity index is -0.000000200. The lowest BCUT2D eigenvalue weighted by Crippen LogP contribution is -2.10. The molecule has 0 aliphatic rings. The minimum Gasteiger partial charge on any atom is -0.263 e. The molecule has 13 heteroatoms. The summed E-state index contributed by atoms with van der Waals surface area (Å²) in [4.78, 5) is 0. The molecule has 0 saturated heterocycles. The molecule has 0 aliphatic heterocycles. The number of rotatable bonds is 2. The molecule has 0 bridgehead atoms. The number of nitrogens with zero attached hydrogens (tertiary/aromatic N) is 2. The van der Waals surface area contributed by atoms with Crippen LogP contribution in [0.25, 0.3) is 0 Å². The molecular formula is C2H2Cl2N2O7S2. The molecule has 9 nitrogen and oxygen atoms in total. The Morgan fingerprint density at radius 2 is 1.07 bits per heavy atom. The largest absolute Gasteiger partial charge is 0.413 e. The molecule has 0 aromatic rings. The van der Waals surface area contributed by atoms with Crippen LogP contribution in [-0.2, 0) is 24.4 Å². The SMILES string of the molecule is N#CCl.N#CCl.O=S(=O)(O)OS(=O)(=O)O. The average Bonchev–Trinajstić information content (AvgIpc) is 1.80. The second-order valence-corrected chi connectivity index (χ2v) is 3.69. The normalized spacial score (nSPS) is 9.20. The van der Waals surface area contributed by atoms with Gasteiger partial charge in [0.1, 0.15) is 0 Å². The highest BCUT2D eigenvalue weighted by Crippen LogP contribution is 1.91. The third-order valence-electron chi connectivity index (χ3n) is 0.172. The van der Waals surface area contributed by atoms with Gasteiger partial charge in [0.25, 0.3) is 0 Å². The van der Waals surface area contributed by atoms with Crippen molar-refractivity contribution in [2.24, 2.45) is 0 Å². The van der Waals surface area contributed by atoms with Crippen LogP contribution in [0.1, 0.15) is 0 Å². The fourth-order valence-corrected chi connectivity index (χ4v) is 0.978. The quantitative estimate of drug-likeness (QED) is 0.668. The first-order valence-corrected chi connectivity index (χ1v) is 5.68. The molecule has 0 heterocycles. The topological polar surface area (TPSA) is 166 Å². The predicted octanol–water partition coefficient (Wildman–Crippen LogP) is 0.0212. The summed E-state index contributed by atoms with van der Waals surface area (Å²) in [5, 5.41) is 14.2. The predicted molar refractivity (Wildman–Crippen MR) is 47.1 cm³/mol. The number of hydrogen-bond acceptors (Lipinski definition) is 7. The van der Waals surface area contributed by atoms with E-state index in [1.54, 1.807) is 0 Å².